The first-order valence-electron chi connectivity index (χ1n) is 8.25. The molecule has 0 aliphatic carbocycles. The minimum Gasteiger partial charge on any atom is -0.450 e. The van der Waals surface area contributed by atoms with Gasteiger partial charge >= 0.3 is 6.09 Å². The zero-order valence-electron chi connectivity index (χ0n) is 14.2. The lowest BCUT2D eigenvalue weighted by molar-refractivity contribution is 0.0963. The molecule has 1 aromatic rings. The maximum absolute atomic E-state index is 11.7. The average Bonchev–Trinajstić information content (AvgIpc) is 2.60. The van der Waals surface area contributed by atoms with Crippen LogP contribution in [0.15, 0.2) is 33.7 Å². The van der Waals surface area contributed by atoms with E-state index in [1.807, 2.05) is 19.1 Å². The largest absolute Gasteiger partial charge is 0.450 e. The summed E-state index contributed by atoms with van der Waals surface area (Å²) in [7, 11) is 1.77. The van der Waals surface area contributed by atoms with Crippen molar-refractivity contribution in [2.24, 2.45) is 4.99 Å². The second kappa shape index (κ2) is 9.52. The number of ether oxygens (including phenoxy) is 1. The number of amides is 1. The van der Waals surface area contributed by atoms with Crippen molar-refractivity contribution in [3.63, 3.8) is 0 Å². The number of nitrogens with one attached hydrogen (secondary N) is 2. The Morgan fingerprint density at radius 1 is 1.33 bits per heavy atom. The number of guanidine groups is 1. The lowest BCUT2D eigenvalue weighted by Gasteiger charge is -2.32. The second-order valence-corrected chi connectivity index (χ2v) is 6.57. The molecule has 1 aromatic carbocycles. The summed E-state index contributed by atoms with van der Waals surface area (Å²) in [5.41, 5.74) is 1.19. The second-order valence-electron chi connectivity index (χ2n) is 5.66. The summed E-state index contributed by atoms with van der Waals surface area (Å²) in [5.74, 6) is 0.785. The normalized spacial score (nSPS) is 16.0. The zero-order valence-corrected chi connectivity index (χ0v) is 15.8. The van der Waals surface area contributed by atoms with Crippen LogP contribution in [0.4, 0.5) is 4.79 Å². The van der Waals surface area contributed by atoms with E-state index in [1.54, 1.807) is 11.9 Å². The fourth-order valence-corrected chi connectivity index (χ4v) is 2.86. The van der Waals surface area contributed by atoms with Gasteiger partial charge in [-0.2, -0.15) is 0 Å². The maximum atomic E-state index is 11.7. The molecule has 0 aromatic heterocycles. The number of carbonyl (C=O) groups is 1. The Labute approximate surface area is 151 Å². The van der Waals surface area contributed by atoms with Gasteiger partial charge in [0.1, 0.15) is 0 Å². The van der Waals surface area contributed by atoms with Crippen LogP contribution in [0.5, 0.6) is 0 Å². The SMILES string of the molecule is CCOC(=O)N1CCC(NC(=NC)NCc2ccc(Br)cc2)CC1. The van der Waals surface area contributed by atoms with Crippen molar-refractivity contribution >= 4 is 28.0 Å². The van der Waals surface area contributed by atoms with Crippen LogP contribution in [-0.4, -0.2) is 49.7 Å². The number of hydrogen-bond donors (Lipinski definition) is 2. The van der Waals surface area contributed by atoms with Crippen molar-refractivity contribution in [2.75, 3.05) is 26.7 Å². The number of carbonyl (C=O) groups excluding carboxylic acids is 1. The van der Waals surface area contributed by atoms with E-state index in [1.165, 1.54) is 5.56 Å². The van der Waals surface area contributed by atoms with Crippen LogP contribution < -0.4 is 10.6 Å². The molecule has 132 valence electrons. The monoisotopic (exact) mass is 396 g/mol. The minimum atomic E-state index is -0.214. The first-order chi connectivity index (χ1) is 11.6. The topological polar surface area (TPSA) is 66.0 Å². The Morgan fingerprint density at radius 2 is 2.00 bits per heavy atom. The number of piperidine rings is 1. The highest BCUT2D eigenvalue weighted by Crippen LogP contribution is 2.12. The number of likely N-dealkylation sites (tertiary alicyclic amines) is 1. The standard InChI is InChI=1S/C17H25BrN4O2/c1-3-24-17(23)22-10-8-15(9-11-22)21-16(19-2)20-12-13-4-6-14(18)7-5-13/h4-7,15H,3,8-12H2,1-2H3,(H2,19,20,21). The number of halogens is 1. The predicted octanol–water partition coefficient (Wildman–Crippen LogP) is 2.74. The van der Waals surface area contributed by atoms with Crippen LogP contribution in [0.2, 0.25) is 0 Å². The fourth-order valence-electron chi connectivity index (χ4n) is 2.60. The molecular weight excluding hydrogens is 372 g/mol. The third kappa shape index (κ3) is 5.70. The van der Waals surface area contributed by atoms with Gasteiger partial charge in [-0.1, -0.05) is 28.1 Å². The number of hydrogen-bond acceptors (Lipinski definition) is 3. The van der Waals surface area contributed by atoms with Gasteiger partial charge < -0.3 is 20.3 Å². The summed E-state index contributed by atoms with van der Waals surface area (Å²) in [6.07, 6.45) is 1.56. The van der Waals surface area contributed by atoms with E-state index in [-0.39, 0.29) is 6.09 Å². The van der Waals surface area contributed by atoms with Gasteiger partial charge in [0.05, 0.1) is 6.61 Å². The molecule has 1 fully saturated rings. The molecule has 0 unspecified atom stereocenters. The van der Waals surface area contributed by atoms with E-state index < -0.39 is 0 Å². The van der Waals surface area contributed by atoms with Crippen molar-refractivity contribution in [2.45, 2.75) is 32.4 Å². The van der Waals surface area contributed by atoms with Crippen molar-refractivity contribution in [1.29, 1.82) is 0 Å². The summed E-state index contributed by atoms with van der Waals surface area (Å²) in [4.78, 5) is 17.8. The molecule has 2 rings (SSSR count). The smallest absolute Gasteiger partial charge is 0.409 e. The predicted molar refractivity (Wildman–Crippen MR) is 99.1 cm³/mol. The molecule has 1 aliphatic heterocycles. The summed E-state index contributed by atoms with van der Waals surface area (Å²) in [6, 6.07) is 8.51. The van der Waals surface area contributed by atoms with E-state index in [0.717, 1.165) is 23.3 Å². The highest BCUT2D eigenvalue weighted by Gasteiger charge is 2.23. The quantitative estimate of drug-likeness (QED) is 0.606. The highest BCUT2D eigenvalue weighted by molar-refractivity contribution is 9.10. The van der Waals surface area contributed by atoms with Crippen molar-refractivity contribution in [3.05, 3.63) is 34.3 Å². The summed E-state index contributed by atoms with van der Waals surface area (Å²) < 4.78 is 6.11. The molecule has 2 N–H and O–H groups in total. The summed E-state index contributed by atoms with van der Waals surface area (Å²) >= 11 is 3.44. The molecule has 1 aliphatic rings. The summed E-state index contributed by atoms with van der Waals surface area (Å²) in [6.45, 7) is 4.38. The molecule has 7 heteroatoms. The van der Waals surface area contributed by atoms with Crippen LogP contribution in [-0.2, 0) is 11.3 Å². The van der Waals surface area contributed by atoms with Gasteiger partial charge in [-0.15, -0.1) is 0 Å². The van der Waals surface area contributed by atoms with Crippen LogP contribution in [0.3, 0.4) is 0 Å². The van der Waals surface area contributed by atoms with Crippen LogP contribution in [0.1, 0.15) is 25.3 Å². The fraction of sp³-hybridized carbons (Fsp3) is 0.529. The summed E-state index contributed by atoms with van der Waals surface area (Å²) in [5, 5.41) is 6.75. The molecule has 1 heterocycles. The Bertz CT molecular complexity index is 554. The molecule has 6 nitrogen and oxygen atoms in total. The third-order valence-corrected chi connectivity index (χ3v) is 4.49. The molecule has 0 spiro atoms. The van der Waals surface area contributed by atoms with Gasteiger partial charge in [0.2, 0.25) is 0 Å². The number of nitrogens with zero attached hydrogens (tertiary/aromatic N) is 2. The molecule has 24 heavy (non-hydrogen) atoms. The molecule has 0 atom stereocenters. The van der Waals surface area contributed by atoms with Crippen molar-refractivity contribution in [3.8, 4) is 0 Å². The Balaban J connectivity index is 1.75. The number of rotatable bonds is 4. The van der Waals surface area contributed by atoms with E-state index in [0.29, 0.717) is 32.3 Å². The van der Waals surface area contributed by atoms with Gasteiger partial charge in [0, 0.05) is 37.2 Å². The minimum absolute atomic E-state index is 0.214. The van der Waals surface area contributed by atoms with Crippen LogP contribution >= 0.6 is 15.9 Å². The van der Waals surface area contributed by atoms with Gasteiger partial charge in [-0.3, -0.25) is 4.99 Å². The van der Waals surface area contributed by atoms with E-state index in [2.05, 4.69) is 43.7 Å². The van der Waals surface area contributed by atoms with Gasteiger partial charge in [0.15, 0.2) is 5.96 Å². The first-order valence-corrected chi connectivity index (χ1v) is 9.05. The average molecular weight is 397 g/mol. The lowest BCUT2D eigenvalue weighted by Crippen LogP contribution is -2.49. The highest BCUT2D eigenvalue weighted by atomic mass is 79.9. The van der Waals surface area contributed by atoms with Crippen molar-refractivity contribution < 1.29 is 9.53 Å². The molecular formula is C17H25BrN4O2. The van der Waals surface area contributed by atoms with E-state index >= 15 is 0 Å². The van der Waals surface area contributed by atoms with Gasteiger partial charge in [0.25, 0.3) is 0 Å². The van der Waals surface area contributed by atoms with E-state index in [9.17, 15) is 4.79 Å². The molecule has 0 radical (unpaired) electrons. The van der Waals surface area contributed by atoms with E-state index in [4.69, 9.17) is 4.74 Å². The number of aliphatic imine (C=N–C) groups is 1. The van der Waals surface area contributed by atoms with Gasteiger partial charge in [-0.05, 0) is 37.5 Å². The van der Waals surface area contributed by atoms with Crippen LogP contribution in [0, 0.1) is 0 Å². The van der Waals surface area contributed by atoms with Crippen LogP contribution in [0.25, 0.3) is 0 Å². The Morgan fingerprint density at radius 3 is 2.58 bits per heavy atom. The Kier molecular flexibility index (Phi) is 7.36. The molecule has 0 saturated carbocycles. The molecule has 1 saturated heterocycles. The first kappa shape index (κ1) is 18.6. The Hall–Kier alpha value is -1.76. The maximum Gasteiger partial charge on any atom is 0.409 e. The molecule has 1 amide bonds. The third-order valence-electron chi connectivity index (χ3n) is 3.96. The lowest BCUT2D eigenvalue weighted by atomic mass is 10.1. The molecule has 0 bridgehead atoms. The number of benzene rings is 1. The zero-order chi connectivity index (χ0) is 17.4. The van der Waals surface area contributed by atoms with Crippen molar-refractivity contribution in [1.82, 2.24) is 15.5 Å². The van der Waals surface area contributed by atoms with Gasteiger partial charge in [-0.25, -0.2) is 4.79 Å².